The van der Waals surface area contributed by atoms with Crippen molar-refractivity contribution in [2.24, 2.45) is 0 Å². The first-order valence-corrected chi connectivity index (χ1v) is 7.61. The lowest BCUT2D eigenvalue weighted by atomic mass is 10.1. The van der Waals surface area contributed by atoms with E-state index in [0.717, 1.165) is 28.5 Å². The number of methoxy groups -OCH3 is 2. The summed E-state index contributed by atoms with van der Waals surface area (Å²) in [5.74, 6) is 0.902. The molecule has 0 spiro atoms. The van der Waals surface area contributed by atoms with E-state index in [-0.39, 0.29) is 6.04 Å². The van der Waals surface area contributed by atoms with Crippen molar-refractivity contribution < 1.29 is 9.47 Å². The SMILES string of the molecule is CCCNC(c1cnc(C)s1)c1ncc(OC)nc1OC. The first kappa shape index (κ1) is 15.7. The quantitative estimate of drug-likeness (QED) is 0.847. The van der Waals surface area contributed by atoms with E-state index in [0.29, 0.717) is 11.8 Å². The van der Waals surface area contributed by atoms with Crippen molar-refractivity contribution >= 4 is 11.3 Å². The first-order chi connectivity index (χ1) is 10.2. The summed E-state index contributed by atoms with van der Waals surface area (Å²) in [6, 6.07) is -0.0792. The van der Waals surface area contributed by atoms with Gasteiger partial charge < -0.3 is 14.8 Å². The molecule has 2 aromatic rings. The van der Waals surface area contributed by atoms with Crippen LogP contribution in [0, 0.1) is 6.92 Å². The molecule has 0 radical (unpaired) electrons. The fourth-order valence-electron chi connectivity index (χ4n) is 1.94. The van der Waals surface area contributed by atoms with E-state index in [1.165, 1.54) is 0 Å². The van der Waals surface area contributed by atoms with E-state index in [1.54, 1.807) is 31.8 Å². The predicted molar refractivity (Wildman–Crippen MR) is 82.1 cm³/mol. The molecule has 1 unspecified atom stereocenters. The molecule has 2 aromatic heterocycles. The van der Waals surface area contributed by atoms with Gasteiger partial charge in [0.15, 0.2) is 0 Å². The normalized spacial score (nSPS) is 12.2. The van der Waals surface area contributed by atoms with E-state index in [9.17, 15) is 0 Å². The molecular weight excluding hydrogens is 288 g/mol. The number of aryl methyl sites for hydroxylation is 1. The van der Waals surface area contributed by atoms with Crippen LogP contribution in [0.4, 0.5) is 0 Å². The summed E-state index contributed by atoms with van der Waals surface area (Å²) in [4.78, 5) is 14.2. The number of thiazole rings is 1. The van der Waals surface area contributed by atoms with Gasteiger partial charge in [-0.05, 0) is 19.9 Å². The third-order valence-corrected chi connectivity index (χ3v) is 3.92. The smallest absolute Gasteiger partial charge is 0.240 e. The lowest BCUT2D eigenvalue weighted by Gasteiger charge is -2.18. The van der Waals surface area contributed by atoms with E-state index >= 15 is 0 Å². The summed E-state index contributed by atoms with van der Waals surface area (Å²) >= 11 is 1.64. The molecule has 0 fully saturated rings. The number of nitrogens with one attached hydrogen (secondary N) is 1. The fourth-order valence-corrected chi connectivity index (χ4v) is 2.81. The Morgan fingerprint density at radius 1 is 1.24 bits per heavy atom. The van der Waals surface area contributed by atoms with Crippen molar-refractivity contribution in [2.75, 3.05) is 20.8 Å². The lowest BCUT2D eigenvalue weighted by molar-refractivity contribution is 0.352. The number of hydrogen-bond donors (Lipinski definition) is 1. The summed E-state index contributed by atoms with van der Waals surface area (Å²) in [5.41, 5.74) is 0.746. The van der Waals surface area contributed by atoms with E-state index in [2.05, 4.69) is 27.2 Å². The van der Waals surface area contributed by atoms with Gasteiger partial charge in [0, 0.05) is 11.1 Å². The molecule has 0 aliphatic heterocycles. The molecule has 114 valence electrons. The van der Waals surface area contributed by atoms with Crippen molar-refractivity contribution in [3.05, 3.63) is 28.0 Å². The van der Waals surface area contributed by atoms with Crippen LogP contribution in [0.25, 0.3) is 0 Å². The summed E-state index contributed by atoms with van der Waals surface area (Å²) in [6.07, 6.45) is 4.51. The zero-order chi connectivity index (χ0) is 15.2. The van der Waals surface area contributed by atoms with Crippen LogP contribution in [0.2, 0.25) is 0 Å². The maximum Gasteiger partial charge on any atom is 0.240 e. The second kappa shape index (κ2) is 7.33. The maximum atomic E-state index is 5.37. The standard InChI is InChI=1S/C14H20N4O2S/c1-5-6-15-12(10-7-16-9(2)21-10)13-14(20-4)18-11(19-3)8-17-13/h7-8,12,15H,5-6H2,1-4H3. The minimum absolute atomic E-state index is 0.0792. The Labute approximate surface area is 128 Å². The van der Waals surface area contributed by atoms with Crippen LogP contribution in [0.1, 0.15) is 35.0 Å². The average molecular weight is 308 g/mol. The Balaban J connectivity index is 2.40. The van der Waals surface area contributed by atoms with Gasteiger partial charge in [0.1, 0.15) is 5.69 Å². The highest BCUT2D eigenvalue weighted by Crippen LogP contribution is 2.31. The number of aromatic nitrogens is 3. The van der Waals surface area contributed by atoms with Crippen LogP contribution in [0.3, 0.4) is 0 Å². The van der Waals surface area contributed by atoms with Crippen LogP contribution in [0.5, 0.6) is 11.8 Å². The summed E-state index contributed by atoms with van der Waals surface area (Å²) in [5, 5.41) is 4.50. The van der Waals surface area contributed by atoms with Gasteiger partial charge in [-0.15, -0.1) is 11.3 Å². The van der Waals surface area contributed by atoms with Gasteiger partial charge in [-0.2, -0.15) is 4.98 Å². The number of rotatable bonds is 7. The zero-order valence-electron chi connectivity index (χ0n) is 12.7. The van der Waals surface area contributed by atoms with Crippen LogP contribution < -0.4 is 14.8 Å². The van der Waals surface area contributed by atoms with E-state index in [4.69, 9.17) is 9.47 Å². The molecule has 0 bridgehead atoms. The molecule has 1 N–H and O–H groups in total. The minimum atomic E-state index is -0.0792. The lowest BCUT2D eigenvalue weighted by Crippen LogP contribution is -2.24. The van der Waals surface area contributed by atoms with Crippen LogP contribution >= 0.6 is 11.3 Å². The molecule has 7 heteroatoms. The van der Waals surface area contributed by atoms with Crippen LogP contribution in [-0.2, 0) is 0 Å². The molecule has 0 aromatic carbocycles. The number of hydrogen-bond acceptors (Lipinski definition) is 7. The zero-order valence-corrected chi connectivity index (χ0v) is 13.5. The Bertz CT molecular complexity index is 588. The van der Waals surface area contributed by atoms with E-state index in [1.807, 2.05) is 13.1 Å². The van der Waals surface area contributed by atoms with Crippen molar-refractivity contribution in [3.8, 4) is 11.8 Å². The highest BCUT2D eigenvalue weighted by atomic mass is 32.1. The van der Waals surface area contributed by atoms with Crippen LogP contribution in [0.15, 0.2) is 12.4 Å². The van der Waals surface area contributed by atoms with Crippen molar-refractivity contribution in [3.63, 3.8) is 0 Å². The Morgan fingerprint density at radius 2 is 2.05 bits per heavy atom. The van der Waals surface area contributed by atoms with Gasteiger partial charge in [-0.3, -0.25) is 0 Å². The molecule has 0 aliphatic carbocycles. The second-order valence-electron chi connectivity index (χ2n) is 4.48. The largest absolute Gasteiger partial charge is 0.480 e. The van der Waals surface area contributed by atoms with Crippen molar-refractivity contribution in [1.82, 2.24) is 20.3 Å². The third-order valence-electron chi connectivity index (χ3n) is 2.94. The van der Waals surface area contributed by atoms with Gasteiger partial charge in [-0.25, -0.2) is 9.97 Å². The number of ether oxygens (including phenoxy) is 2. The molecular formula is C14H20N4O2S. The monoisotopic (exact) mass is 308 g/mol. The van der Waals surface area contributed by atoms with Crippen LogP contribution in [-0.4, -0.2) is 35.7 Å². The van der Waals surface area contributed by atoms with Gasteiger partial charge >= 0.3 is 0 Å². The molecule has 1 atom stereocenters. The van der Waals surface area contributed by atoms with Gasteiger partial charge in [0.05, 0.1) is 31.5 Å². The molecule has 0 aliphatic rings. The fraction of sp³-hybridized carbons (Fsp3) is 0.500. The number of nitrogens with zero attached hydrogens (tertiary/aromatic N) is 3. The molecule has 2 rings (SSSR count). The summed E-state index contributed by atoms with van der Waals surface area (Å²) < 4.78 is 10.5. The Hall–Kier alpha value is -1.73. The molecule has 21 heavy (non-hydrogen) atoms. The Morgan fingerprint density at radius 3 is 2.62 bits per heavy atom. The molecule has 0 saturated heterocycles. The predicted octanol–water partition coefficient (Wildman–Crippen LogP) is 2.35. The minimum Gasteiger partial charge on any atom is -0.480 e. The Kier molecular flexibility index (Phi) is 5.46. The third kappa shape index (κ3) is 3.68. The van der Waals surface area contributed by atoms with Crippen molar-refractivity contribution in [1.29, 1.82) is 0 Å². The molecule has 0 saturated carbocycles. The van der Waals surface area contributed by atoms with Gasteiger partial charge in [0.25, 0.3) is 0 Å². The van der Waals surface area contributed by atoms with E-state index < -0.39 is 0 Å². The summed E-state index contributed by atoms with van der Waals surface area (Å²) in [7, 11) is 3.14. The molecule has 6 nitrogen and oxygen atoms in total. The highest BCUT2D eigenvalue weighted by molar-refractivity contribution is 7.11. The second-order valence-corrected chi connectivity index (χ2v) is 5.74. The summed E-state index contributed by atoms with van der Waals surface area (Å²) in [6.45, 7) is 4.99. The van der Waals surface area contributed by atoms with Gasteiger partial charge in [-0.1, -0.05) is 6.92 Å². The molecule has 0 amide bonds. The highest BCUT2D eigenvalue weighted by Gasteiger charge is 2.23. The molecule has 2 heterocycles. The van der Waals surface area contributed by atoms with Crippen molar-refractivity contribution in [2.45, 2.75) is 26.3 Å². The topological polar surface area (TPSA) is 69.2 Å². The first-order valence-electron chi connectivity index (χ1n) is 6.80. The average Bonchev–Trinajstić information content (AvgIpc) is 2.94. The maximum absolute atomic E-state index is 5.37. The van der Waals surface area contributed by atoms with Gasteiger partial charge in [0.2, 0.25) is 11.8 Å².